The molecule has 0 atom stereocenters. The van der Waals surface area contributed by atoms with Crippen molar-refractivity contribution in [3.63, 3.8) is 0 Å². The summed E-state index contributed by atoms with van der Waals surface area (Å²) >= 11 is 0. The molecule has 2 rings (SSSR count). The Morgan fingerprint density at radius 2 is 1.76 bits per heavy atom. The highest BCUT2D eigenvalue weighted by molar-refractivity contribution is 7.89. The lowest BCUT2D eigenvalue weighted by molar-refractivity contribution is 0.0954. The first-order valence-electron chi connectivity index (χ1n) is 9.29. The van der Waals surface area contributed by atoms with Crippen LogP contribution in [0.3, 0.4) is 0 Å². The number of nitrogens with zero attached hydrogens (tertiary/aromatic N) is 1. The van der Waals surface area contributed by atoms with Crippen LogP contribution in [0.2, 0.25) is 0 Å². The first kappa shape index (κ1) is 22.7. The van der Waals surface area contributed by atoms with E-state index in [4.69, 9.17) is 9.47 Å². The lowest BCUT2D eigenvalue weighted by Crippen LogP contribution is -2.27. The van der Waals surface area contributed by atoms with Crippen molar-refractivity contribution in [1.82, 2.24) is 9.62 Å². The van der Waals surface area contributed by atoms with Crippen molar-refractivity contribution in [2.24, 2.45) is 0 Å². The Labute approximate surface area is 172 Å². The molecule has 0 heterocycles. The number of ether oxygens (including phenoxy) is 2. The monoisotopic (exact) mass is 420 g/mol. The highest BCUT2D eigenvalue weighted by atomic mass is 32.2. The van der Waals surface area contributed by atoms with Gasteiger partial charge in [-0.15, -0.1) is 0 Å². The molecule has 0 saturated carbocycles. The van der Waals surface area contributed by atoms with Crippen molar-refractivity contribution in [1.29, 1.82) is 0 Å². The van der Waals surface area contributed by atoms with Gasteiger partial charge in [-0.25, -0.2) is 12.7 Å². The van der Waals surface area contributed by atoms with E-state index in [1.165, 1.54) is 33.3 Å². The Morgan fingerprint density at radius 3 is 2.31 bits per heavy atom. The van der Waals surface area contributed by atoms with Gasteiger partial charge in [-0.2, -0.15) is 0 Å². The zero-order valence-electron chi connectivity index (χ0n) is 17.4. The highest BCUT2D eigenvalue weighted by Gasteiger charge is 2.23. The second-order valence-electron chi connectivity index (χ2n) is 6.97. The lowest BCUT2D eigenvalue weighted by Gasteiger charge is -2.15. The van der Waals surface area contributed by atoms with Crippen LogP contribution in [0.5, 0.6) is 11.5 Å². The van der Waals surface area contributed by atoms with Gasteiger partial charge >= 0.3 is 0 Å². The van der Waals surface area contributed by atoms with Crippen LogP contribution in [0, 0.1) is 0 Å². The second kappa shape index (κ2) is 9.76. The largest absolute Gasteiger partial charge is 0.495 e. The minimum absolute atomic E-state index is 0.0432. The number of carbonyl (C=O) groups is 1. The van der Waals surface area contributed by atoms with E-state index >= 15 is 0 Å². The molecular formula is C21H28N2O5S. The summed E-state index contributed by atoms with van der Waals surface area (Å²) in [5, 5.41) is 2.82. The molecule has 0 aromatic heterocycles. The summed E-state index contributed by atoms with van der Waals surface area (Å²) in [5.74, 6) is 0.655. The third-order valence-corrected chi connectivity index (χ3v) is 6.02. The van der Waals surface area contributed by atoms with Crippen LogP contribution in [-0.2, 0) is 16.4 Å². The van der Waals surface area contributed by atoms with Crippen LogP contribution < -0.4 is 14.8 Å². The Hall–Kier alpha value is -2.58. The Balaban J connectivity index is 2.04. The van der Waals surface area contributed by atoms with E-state index < -0.39 is 10.0 Å². The number of hydrogen-bond donors (Lipinski definition) is 1. The van der Waals surface area contributed by atoms with Gasteiger partial charge in [0, 0.05) is 26.2 Å². The number of carbonyl (C=O) groups excluding carboxylic acids is 1. The summed E-state index contributed by atoms with van der Waals surface area (Å²) in [4.78, 5) is 12.4. The molecule has 0 radical (unpaired) electrons. The van der Waals surface area contributed by atoms with E-state index in [1.807, 2.05) is 38.1 Å². The summed E-state index contributed by atoms with van der Waals surface area (Å²) in [5.41, 5.74) is 1.32. The first-order chi connectivity index (χ1) is 13.6. The minimum Gasteiger partial charge on any atom is -0.495 e. The Morgan fingerprint density at radius 1 is 1.10 bits per heavy atom. The molecule has 0 bridgehead atoms. The highest BCUT2D eigenvalue weighted by Crippen LogP contribution is 2.26. The number of nitrogens with one attached hydrogen (secondary N) is 1. The third-order valence-electron chi connectivity index (χ3n) is 4.18. The van der Waals surface area contributed by atoms with Crippen molar-refractivity contribution in [2.45, 2.75) is 31.3 Å². The molecule has 0 aliphatic carbocycles. The van der Waals surface area contributed by atoms with E-state index in [0.29, 0.717) is 13.0 Å². The number of hydrogen-bond acceptors (Lipinski definition) is 5. The second-order valence-corrected chi connectivity index (χ2v) is 9.09. The molecule has 158 valence electrons. The molecule has 1 N–H and O–H groups in total. The molecule has 0 fully saturated rings. The molecule has 0 saturated heterocycles. The van der Waals surface area contributed by atoms with Crippen LogP contribution >= 0.6 is 0 Å². The van der Waals surface area contributed by atoms with E-state index in [2.05, 4.69) is 5.32 Å². The molecule has 8 heteroatoms. The van der Waals surface area contributed by atoms with Crippen molar-refractivity contribution < 1.29 is 22.7 Å². The maximum Gasteiger partial charge on any atom is 0.251 e. The molecule has 29 heavy (non-hydrogen) atoms. The first-order valence-corrected chi connectivity index (χ1v) is 10.7. The Kier molecular flexibility index (Phi) is 7.64. The van der Waals surface area contributed by atoms with E-state index in [-0.39, 0.29) is 28.2 Å². The molecule has 0 unspecified atom stereocenters. The standard InChI is InChI=1S/C21H28N2O5S/c1-15(2)28-18-9-6-16(7-10-18)12-13-22-21(24)17-8-11-19(27-5)20(14-17)29(25,26)23(3)4/h6-11,14-15H,12-13H2,1-5H3,(H,22,24). The molecule has 7 nitrogen and oxygen atoms in total. The topological polar surface area (TPSA) is 84.9 Å². The van der Waals surface area contributed by atoms with Crippen molar-refractivity contribution in [3.8, 4) is 11.5 Å². The van der Waals surface area contributed by atoms with Gasteiger partial charge in [-0.05, 0) is 56.2 Å². The molecule has 0 aliphatic rings. The fraction of sp³-hybridized carbons (Fsp3) is 0.381. The number of rotatable bonds is 9. The van der Waals surface area contributed by atoms with E-state index in [1.54, 1.807) is 6.07 Å². The van der Waals surface area contributed by atoms with Crippen LogP contribution in [0.15, 0.2) is 47.4 Å². The predicted molar refractivity (Wildman–Crippen MR) is 112 cm³/mol. The van der Waals surface area contributed by atoms with E-state index in [9.17, 15) is 13.2 Å². The summed E-state index contributed by atoms with van der Waals surface area (Å²) < 4.78 is 36.8. The molecule has 0 aliphatic heterocycles. The summed E-state index contributed by atoms with van der Waals surface area (Å²) in [6.07, 6.45) is 0.762. The van der Waals surface area contributed by atoms with Crippen LogP contribution in [0.1, 0.15) is 29.8 Å². The molecule has 1 amide bonds. The van der Waals surface area contributed by atoms with Gasteiger partial charge in [0.25, 0.3) is 5.91 Å². The van der Waals surface area contributed by atoms with Gasteiger partial charge in [-0.1, -0.05) is 12.1 Å². The van der Waals surface area contributed by atoms with Gasteiger partial charge in [-0.3, -0.25) is 4.79 Å². The average Bonchev–Trinajstić information content (AvgIpc) is 2.68. The van der Waals surface area contributed by atoms with Gasteiger partial charge < -0.3 is 14.8 Å². The summed E-state index contributed by atoms with van der Waals surface area (Å²) in [6.45, 7) is 4.36. The molecule has 0 spiro atoms. The maximum atomic E-state index is 12.5. The Bertz CT molecular complexity index is 938. The van der Waals surface area contributed by atoms with E-state index in [0.717, 1.165) is 15.6 Å². The van der Waals surface area contributed by atoms with Crippen molar-refractivity contribution in [2.75, 3.05) is 27.7 Å². The van der Waals surface area contributed by atoms with Gasteiger partial charge in [0.1, 0.15) is 16.4 Å². The number of sulfonamides is 1. The molecule has 2 aromatic carbocycles. The third kappa shape index (κ3) is 5.95. The predicted octanol–water partition coefficient (Wildman–Crippen LogP) is 2.71. The fourth-order valence-corrected chi connectivity index (χ4v) is 3.72. The molecular weight excluding hydrogens is 392 g/mol. The SMILES string of the molecule is COc1ccc(C(=O)NCCc2ccc(OC(C)C)cc2)cc1S(=O)(=O)N(C)C. The lowest BCUT2D eigenvalue weighted by atomic mass is 10.1. The van der Waals surface area contributed by atoms with Gasteiger partial charge in [0.05, 0.1) is 13.2 Å². The van der Waals surface area contributed by atoms with Crippen LogP contribution in [-0.4, -0.2) is 52.5 Å². The van der Waals surface area contributed by atoms with Crippen LogP contribution in [0.25, 0.3) is 0 Å². The summed E-state index contributed by atoms with van der Waals surface area (Å²) in [6, 6.07) is 12.1. The zero-order valence-corrected chi connectivity index (χ0v) is 18.2. The van der Waals surface area contributed by atoms with Crippen molar-refractivity contribution >= 4 is 15.9 Å². The number of amides is 1. The zero-order chi connectivity index (χ0) is 21.6. The average molecular weight is 421 g/mol. The molecule has 2 aromatic rings. The normalized spacial score (nSPS) is 11.6. The van der Waals surface area contributed by atoms with Gasteiger partial charge in [0.2, 0.25) is 10.0 Å². The minimum atomic E-state index is -3.74. The summed E-state index contributed by atoms with van der Waals surface area (Å²) in [7, 11) is 0.514. The van der Waals surface area contributed by atoms with Crippen LogP contribution in [0.4, 0.5) is 0 Å². The quantitative estimate of drug-likeness (QED) is 0.674. The van der Waals surface area contributed by atoms with Crippen molar-refractivity contribution in [3.05, 3.63) is 53.6 Å². The number of benzene rings is 2. The smallest absolute Gasteiger partial charge is 0.251 e. The van der Waals surface area contributed by atoms with Gasteiger partial charge in [0.15, 0.2) is 0 Å². The number of methoxy groups -OCH3 is 1. The maximum absolute atomic E-state index is 12.5. The fourth-order valence-electron chi connectivity index (χ4n) is 2.65.